The Kier molecular flexibility index (Phi) is 9.26. The number of carbonyl (C=O) groups is 3. The predicted molar refractivity (Wildman–Crippen MR) is 146 cm³/mol. The van der Waals surface area contributed by atoms with Crippen molar-refractivity contribution in [3.05, 3.63) is 69.5 Å². The molecule has 0 spiro atoms. The number of nitrogens with one attached hydrogen (secondary N) is 2. The average Bonchev–Trinajstić information content (AvgIpc) is 3.27. The molecule has 1 aliphatic heterocycles. The lowest BCUT2D eigenvalue weighted by atomic mass is 10.1. The lowest BCUT2D eigenvalue weighted by Gasteiger charge is -2.27. The molecule has 1 saturated heterocycles. The van der Waals surface area contributed by atoms with Gasteiger partial charge in [-0.15, -0.1) is 10.2 Å². The number of thioether (sulfide) groups is 1. The number of aromatic nitrogens is 3. The third-order valence-electron chi connectivity index (χ3n) is 5.80. The SMILES string of the molecule is C[C@@H](NC(=O)c1ccc(Cl)cc1Cl)c1nnc(SCC(=O)Nc2cccc(C(=O)N3CCOCC3)c2)n1C. The molecular weight excluding hydrogens is 551 g/mol. The van der Waals surface area contributed by atoms with Crippen LogP contribution in [0.2, 0.25) is 10.0 Å². The Morgan fingerprint density at radius 2 is 1.87 bits per heavy atom. The van der Waals surface area contributed by atoms with Gasteiger partial charge < -0.3 is 24.8 Å². The van der Waals surface area contributed by atoms with Crippen LogP contribution in [0.15, 0.2) is 47.6 Å². The number of morpholine rings is 1. The largest absolute Gasteiger partial charge is 0.378 e. The highest BCUT2D eigenvalue weighted by Gasteiger charge is 2.21. The van der Waals surface area contributed by atoms with Gasteiger partial charge in [0.1, 0.15) is 0 Å². The summed E-state index contributed by atoms with van der Waals surface area (Å²) in [6.45, 7) is 3.90. The van der Waals surface area contributed by atoms with E-state index in [1.54, 1.807) is 59.8 Å². The summed E-state index contributed by atoms with van der Waals surface area (Å²) >= 11 is 13.2. The fourth-order valence-corrected chi connectivity index (χ4v) is 5.06. The van der Waals surface area contributed by atoms with Crippen molar-refractivity contribution in [2.45, 2.75) is 18.1 Å². The molecule has 0 aliphatic carbocycles. The van der Waals surface area contributed by atoms with Crippen molar-refractivity contribution >= 4 is 58.4 Å². The Labute approximate surface area is 234 Å². The van der Waals surface area contributed by atoms with Crippen LogP contribution in [0.5, 0.6) is 0 Å². The van der Waals surface area contributed by atoms with Crippen LogP contribution in [0.25, 0.3) is 0 Å². The molecule has 3 amide bonds. The molecule has 0 radical (unpaired) electrons. The van der Waals surface area contributed by atoms with Crippen molar-refractivity contribution in [1.29, 1.82) is 0 Å². The van der Waals surface area contributed by atoms with Crippen LogP contribution in [0.4, 0.5) is 5.69 Å². The number of ether oxygens (including phenoxy) is 1. The van der Waals surface area contributed by atoms with Crippen LogP contribution < -0.4 is 10.6 Å². The molecule has 2 heterocycles. The second kappa shape index (κ2) is 12.6. The zero-order chi connectivity index (χ0) is 27.2. The summed E-state index contributed by atoms with van der Waals surface area (Å²) in [4.78, 5) is 39.7. The van der Waals surface area contributed by atoms with E-state index < -0.39 is 6.04 Å². The van der Waals surface area contributed by atoms with Crippen molar-refractivity contribution < 1.29 is 19.1 Å². The summed E-state index contributed by atoms with van der Waals surface area (Å²) in [5, 5.41) is 15.2. The summed E-state index contributed by atoms with van der Waals surface area (Å²) in [5.74, 6) is -0.126. The zero-order valence-electron chi connectivity index (χ0n) is 20.7. The Morgan fingerprint density at radius 1 is 1.11 bits per heavy atom. The van der Waals surface area contributed by atoms with E-state index in [1.807, 2.05) is 0 Å². The number of carbonyl (C=O) groups excluding carboxylic acids is 3. The smallest absolute Gasteiger partial charge is 0.254 e. The van der Waals surface area contributed by atoms with Gasteiger partial charge in [0.25, 0.3) is 11.8 Å². The topological polar surface area (TPSA) is 118 Å². The third-order valence-corrected chi connectivity index (χ3v) is 7.37. The Bertz CT molecular complexity index is 1350. The molecule has 0 saturated carbocycles. The van der Waals surface area contributed by atoms with Crippen LogP contribution in [0, 0.1) is 0 Å². The number of anilines is 1. The fraction of sp³-hybridized carbons (Fsp3) is 0.320. The monoisotopic (exact) mass is 576 g/mol. The molecule has 2 N–H and O–H groups in total. The van der Waals surface area contributed by atoms with Gasteiger partial charge in [0, 0.05) is 36.4 Å². The van der Waals surface area contributed by atoms with E-state index in [0.717, 1.165) is 0 Å². The highest BCUT2D eigenvalue weighted by Crippen LogP contribution is 2.23. The predicted octanol–water partition coefficient (Wildman–Crippen LogP) is 3.82. The fourth-order valence-electron chi connectivity index (χ4n) is 3.85. The molecule has 38 heavy (non-hydrogen) atoms. The maximum absolute atomic E-state index is 12.7. The zero-order valence-corrected chi connectivity index (χ0v) is 23.1. The maximum Gasteiger partial charge on any atom is 0.254 e. The molecule has 1 atom stereocenters. The standard InChI is InChI=1S/C25H26Cl2N6O4S/c1-15(28-23(35)19-7-6-17(26)13-20(19)27)22-30-31-25(32(22)2)38-14-21(34)29-18-5-3-4-16(12-18)24(36)33-8-10-37-11-9-33/h3-7,12-13,15H,8-11,14H2,1-2H3,(H,28,35)(H,29,34)/t15-/m1/s1. The lowest BCUT2D eigenvalue weighted by molar-refractivity contribution is -0.113. The first-order valence-corrected chi connectivity index (χ1v) is 13.5. The highest BCUT2D eigenvalue weighted by atomic mass is 35.5. The summed E-state index contributed by atoms with van der Waals surface area (Å²) < 4.78 is 7.02. The molecule has 2 aromatic carbocycles. The highest BCUT2D eigenvalue weighted by molar-refractivity contribution is 7.99. The number of hydrogen-bond donors (Lipinski definition) is 2. The summed E-state index contributed by atoms with van der Waals surface area (Å²) in [5.41, 5.74) is 1.34. The van der Waals surface area contributed by atoms with Crippen molar-refractivity contribution in [3.63, 3.8) is 0 Å². The molecule has 0 bridgehead atoms. The first kappa shape index (κ1) is 27.9. The van der Waals surface area contributed by atoms with Crippen LogP contribution >= 0.6 is 35.0 Å². The molecule has 1 fully saturated rings. The lowest BCUT2D eigenvalue weighted by Crippen LogP contribution is -2.40. The van der Waals surface area contributed by atoms with E-state index in [4.69, 9.17) is 27.9 Å². The minimum Gasteiger partial charge on any atom is -0.378 e. The van der Waals surface area contributed by atoms with Crippen LogP contribution in [0.1, 0.15) is 39.5 Å². The number of hydrogen-bond acceptors (Lipinski definition) is 7. The molecule has 10 nitrogen and oxygen atoms in total. The summed E-state index contributed by atoms with van der Waals surface area (Å²) in [6, 6.07) is 11.0. The van der Waals surface area contributed by atoms with Gasteiger partial charge >= 0.3 is 0 Å². The van der Waals surface area contributed by atoms with Gasteiger partial charge in [-0.25, -0.2) is 0 Å². The van der Waals surface area contributed by atoms with Crippen molar-refractivity contribution in [2.75, 3.05) is 37.4 Å². The van der Waals surface area contributed by atoms with Gasteiger partial charge in [-0.05, 0) is 43.3 Å². The van der Waals surface area contributed by atoms with E-state index in [0.29, 0.717) is 59.1 Å². The van der Waals surface area contributed by atoms with Crippen molar-refractivity contribution in [2.24, 2.45) is 7.05 Å². The molecule has 3 aromatic rings. The van der Waals surface area contributed by atoms with E-state index >= 15 is 0 Å². The van der Waals surface area contributed by atoms with Crippen LogP contribution in [0.3, 0.4) is 0 Å². The first-order chi connectivity index (χ1) is 18.2. The normalized spacial score (nSPS) is 14.2. The van der Waals surface area contributed by atoms with Crippen molar-refractivity contribution in [1.82, 2.24) is 25.0 Å². The van der Waals surface area contributed by atoms with E-state index in [1.165, 1.54) is 17.8 Å². The third kappa shape index (κ3) is 6.84. The van der Waals surface area contributed by atoms with Crippen LogP contribution in [-0.2, 0) is 16.6 Å². The molecular formula is C25H26Cl2N6O4S. The van der Waals surface area contributed by atoms with E-state index in [2.05, 4.69) is 20.8 Å². The van der Waals surface area contributed by atoms with Gasteiger partial charge in [0.05, 0.1) is 35.6 Å². The Hall–Kier alpha value is -3.12. The summed E-state index contributed by atoms with van der Waals surface area (Å²) in [6.07, 6.45) is 0. The maximum atomic E-state index is 12.7. The molecule has 1 aromatic heterocycles. The minimum absolute atomic E-state index is 0.0781. The number of nitrogens with zero attached hydrogens (tertiary/aromatic N) is 4. The second-order valence-corrected chi connectivity index (χ2v) is 10.3. The van der Waals surface area contributed by atoms with Gasteiger partial charge in [-0.3, -0.25) is 14.4 Å². The Balaban J connectivity index is 1.32. The Morgan fingerprint density at radius 3 is 2.61 bits per heavy atom. The van der Waals surface area contributed by atoms with Gasteiger partial charge in [-0.2, -0.15) is 0 Å². The second-order valence-electron chi connectivity index (χ2n) is 8.54. The van der Waals surface area contributed by atoms with E-state index in [9.17, 15) is 14.4 Å². The van der Waals surface area contributed by atoms with Gasteiger partial charge in [0.15, 0.2) is 11.0 Å². The molecule has 13 heteroatoms. The molecule has 4 rings (SSSR count). The molecule has 200 valence electrons. The molecule has 1 aliphatic rings. The average molecular weight is 577 g/mol. The minimum atomic E-state index is -0.471. The number of amides is 3. The van der Waals surface area contributed by atoms with E-state index in [-0.39, 0.29) is 28.5 Å². The number of halogens is 2. The summed E-state index contributed by atoms with van der Waals surface area (Å²) in [7, 11) is 1.76. The van der Waals surface area contributed by atoms with Crippen LogP contribution in [-0.4, -0.2) is 69.4 Å². The molecule has 0 unspecified atom stereocenters. The quantitative estimate of drug-likeness (QED) is 0.391. The number of benzene rings is 2. The van der Waals surface area contributed by atoms with Crippen molar-refractivity contribution in [3.8, 4) is 0 Å². The number of rotatable bonds is 8. The van der Waals surface area contributed by atoms with Gasteiger partial charge in [-0.1, -0.05) is 41.0 Å². The van der Waals surface area contributed by atoms with Gasteiger partial charge in [0.2, 0.25) is 5.91 Å². The first-order valence-electron chi connectivity index (χ1n) is 11.8.